The van der Waals surface area contributed by atoms with E-state index >= 15 is 0 Å². The van der Waals surface area contributed by atoms with Crippen molar-refractivity contribution >= 4 is 35.0 Å². The molecule has 0 fully saturated rings. The highest BCUT2D eigenvalue weighted by molar-refractivity contribution is 6.64. The van der Waals surface area contributed by atoms with Gasteiger partial charge in [-0.1, -0.05) is 29.8 Å². The van der Waals surface area contributed by atoms with Gasteiger partial charge in [0, 0.05) is 10.6 Å². The number of rotatable bonds is 5. The maximum absolute atomic E-state index is 12.3. The third kappa shape index (κ3) is 4.15. The molecule has 0 radical (unpaired) electrons. The van der Waals surface area contributed by atoms with Crippen LogP contribution < -0.4 is 11.3 Å². The Morgan fingerprint density at radius 3 is 2.38 bits per heavy atom. The molecule has 0 amide bonds. The van der Waals surface area contributed by atoms with Crippen LogP contribution in [-0.4, -0.2) is 17.7 Å². The topological polar surface area (TPSA) is 79.8 Å². The normalized spacial score (nSPS) is 11.6. The van der Waals surface area contributed by atoms with E-state index in [-0.39, 0.29) is 11.5 Å². The fourth-order valence-electron chi connectivity index (χ4n) is 1.60. The fourth-order valence-corrected chi connectivity index (χ4v) is 1.72. The maximum atomic E-state index is 12.3. The molecule has 0 atom stereocenters. The summed E-state index contributed by atoms with van der Waals surface area (Å²) in [6, 6.07) is 15.8. The van der Waals surface area contributed by atoms with E-state index in [9.17, 15) is 4.79 Å². The van der Waals surface area contributed by atoms with E-state index in [4.69, 9.17) is 17.4 Å². The van der Waals surface area contributed by atoms with Crippen LogP contribution in [-0.2, 0) is 0 Å². The van der Waals surface area contributed by atoms with E-state index in [1.54, 1.807) is 24.3 Å². The number of halogens is 1. The summed E-state index contributed by atoms with van der Waals surface area (Å²) >= 11 is 5.80. The van der Waals surface area contributed by atoms with Gasteiger partial charge >= 0.3 is 0 Å². The molecule has 0 aliphatic rings. The van der Waals surface area contributed by atoms with E-state index in [1.807, 2.05) is 30.3 Å². The third-order valence-electron chi connectivity index (χ3n) is 2.62. The molecular formula is C15H13ClN4O. The van der Waals surface area contributed by atoms with E-state index < -0.39 is 0 Å². The van der Waals surface area contributed by atoms with Crippen LogP contribution in [0.5, 0.6) is 0 Å². The highest BCUT2D eigenvalue weighted by atomic mass is 35.5. The predicted octanol–water partition coefficient (Wildman–Crippen LogP) is 2.94. The number of hydrogen-bond acceptors (Lipinski definition) is 5. The summed E-state index contributed by atoms with van der Waals surface area (Å²) in [6.07, 6.45) is 1.20. The molecule has 2 aromatic rings. The number of carbonyl (C=O) groups excluding carboxylic acids is 1. The van der Waals surface area contributed by atoms with Gasteiger partial charge < -0.3 is 5.84 Å². The molecule has 0 saturated carbocycles. The highest BCUT2D eigenvalue weighted by Crippen LogP contribution is 2.11. The average Bonchev–Trinajstić information content (AvgIpc) is 2.52. The first-order chi connectivity index (χ1) is 10.2. The van der Waals surface area contributed by atoms with Crippen molar-refractivity contribution in [3.63, 3.8) is 0 Å². The summed E-state index contributed by atoms with van der Waals surface area (Å²) in [7, 11) is 0. The van der Waals surface area contributed by atoms with Crippen LogP contribution in [0.25, 0.3) is 0 Å². The van der Waals surface area contributed by atoms with Gasteiger partial charge in [-0.3, -0.25) is 10.2 Å². The molecule has 6 heteroatoms. The van der Waals surface area contributed by atoms with Gasteiger partial charge in [-0.2, -0.15) is 10.2 Å². The number of para-hydroxylation sites is 1. The molecule has 0 unspecified atom stereocenters. The van der Waals surface area contributed by atoms with Gasteiger partial charge in [0.15, 0.2) is 5.71 Å². The van der Waals surface area contributed by atoms with Crippen molar-refractivity contribution in [3.8, 4) is 0 Å². The Morgan fingerprint density at radius 1 is 1.10 bits per heavy atom. The number of anilines is 1. The van der Waals surface area contributed by atoms with E-state index in [0.29, 0.717) is 10.6 Å². The quantitative estimate of drug-likeness (QED) is 0.385. The minimum atomic E-state index is -0.302. The lowest BCUT2D eigenvalue weighted by Crippen LogP contribution is -2.18. The number of benzene rings is 2. The van der Waals surface area contributed by atoms with Gasteiger partial charge in [0.2, 0.25) is 5.78 Å². The molecule has 106 valence electrons. The smallest absolute Gasteiger partial charge is 0.214 e. The lowest BCUT2D eigenvalue weighted by molar-refractivity contribution is 0.106. The number of Topliss-reactive ketones (excluding diaryl/α,β-unsaturated/α-hetero) is 1. The summed E-state index contributed by atoms with van der Waals surface area (Å²) < 4.78 is 0. The Balaban J connectivity index is 2.22. The first kappa shape index (κ1) is 14.7. The fraction of sp³-hybridized carbons (Fsp3) is 0. The molecule has 0 saturated heterocycles. The molecule has 0 spiro atoms. The van der Waals surface area contributed by atoms with Crippen molar-refractivity contribution in [3.05, 3.63) is 65.2 Å². The molecule has 21 heavy (non-hydrogen) atoms. The molecule has 0 aromatic heterocycles. The van der Waals surface area contributed by atoms with Crippen molar-refractivity contribution in [1.82, 2.24) is 0 Å². The summed E-state index contributed by atoms with van der Waals surface area (Å²) in [6.45, 7) is 0. The molecule has 2 rings (SSSR count). The zero-order valence-electron chi connectivity index (χ0n) is 11.0. The Morgan fingerprint density at radius 2 is 1.76 bits per heavy atom. The van der Waals surface area contributed by atoms with Gasteiger partial charge in [0.25, 0.3) is 0 Å². The molecule has 3 N–H and O–H groups in total. The monoisotopic (exact) mass is 300 g/mol. The Hall–Kier alpha value is -2.66. The van der Waals surface area contributed by atoms with Gasteiger partial charge in [-0.05, 0) is 36.4 Å². The van der Waals surface area contributed by atoms with Gasteiger partial charge in [-0.15, -0.1) is 0 Å². The third-order valence-corrected chi connectivity index (χ3v) is 2.87. The standard InChI is InChI=1S/C15H13ClN4O/c16-12-8-6-11(7-9-12)15(21)14(10-18-17)20-19-13-4-2-1-3-5-13/h1-10,19H,17H2/b18-10+,20-14+. The largest absolute Gasteiger partial charge is 0.323 e. The number of carbonyl (C=O) groups is 1. The van der Waals surface area contributed by atoms with Crippen LogP contribution in [0.4, 0.5) is 5.69 Å². The zero-order chi connectivity index (χ0) is 15.1. The number of nitrogens with one attached hydrogen (secondary N) is 1. The Kier molecular flexibility index (Phi) is 5.06. The summed E-state index contributed by atoms with van der Waals surface area (Å²) in [5.74, 6) is 4.82. The van der Waals surface area contributed by atoms with E-state index in [2.05, 4.69) is 15.6 Å². The number of nitrogens with zero attached hydrogens (tertiary/aromatic N) is 2. The first-order valence-electron chi connectivity index (χ1n) is 6.13. The van der Waals surface area contributed by atoms with Gasteiger partial charge in [0.1, 0.15) is 0 Å². The van der Waals surface area contributed by atoms with E-state index in [1.165, 1.54) is 6.21 Å². The van der Waals surface area contributed by atoms with Crippen LogP contribution in [0, 0.1) is 0 Å². The van der Waals surface area contributed by atoms with Crippen molar-refractivity contribution in [2.24, 2.45) is 16.0 Å². The SMILES string of the molecule is N/N=C/C(=N\Nc1ccccc1)C(=O)c1ccc(Cl)cc1. The highest BCUT2D eigenvalue weighted by Gasteiger charge is 2.12. The molecule has 0 aliphatic heterocycles. The van der Waals surface area contributed by atoms with Crippen LogP contribution in [0.1, 0.15) is 10.4 Å². The lowest BCUT2D eigenvalue weighted by Gasteiger charge is -2.03. The number of nitrogens with two attached hydrogens (primary N) is 1. The molecule has 0 bridgehead atoms. The molecule has 0 heterocycles. The minimum absolute atomic E-state index is 0.101. The second kappa shape index (κ2) is 7.21. The molecule has 2 aromatic carbocycles. The zero-order valence-corrected chi connectivity index (χ0v) is 11.8. The summed E-state index contributed by atoms with van der Waals surface area (Å²) in [5.41, 5.74) is 4.09. The van der Waals surface area contributed by atoms with Gasteiger partial charge in [0.05, 0.1) is 11.9 Å². The predicted molar refractivity (Wildman–Crippen MR) is 86.0 cm³/mol. The molecule has 0 aliphatic carbocycles. The Labute approximate surface area is 127 Å². The van der Waals surface area contributed by atoms with Crippen molar-refractivity contribution < 1.29 is 4.79 Å². The van der Waals surface area contributed by atoms with Crippen LogP contribution in [0.3, 0.4) is 0 Å². The minimum Gasteiger partial charge on any atom is -0.323 e. The van der Waals surface area contributed by atoms with Crippen LogP contribution in [0.2, 0.25) is 5.02 Å². The number of ketones is 1. The van der Waals surface area contributed by atoms with E-state index in [0.717, 1.165) is 5.69 Å². The van der Waals surface area contributed by atoms with Crippen molar-refractivity contribution in [2.45, 2.75) is 0 Å². The summed E-state index contributed by atoms with van der Waals surface area (Å²) in [5, 5.41) is 7.96. The first-order valence-corrected chi connectivity index (χ1v) is 6.51. The van der Waals surface area contributed by atoms with Crippen LogP contribution in [0.15, 0.2) is 64.8 Å². The number of hydrogen-bond donors (Lipinski definition) is 2. The van der Waals surface area contributed by atoms with Crippen molar-refractivity contribution in [2.75, 3.05) is 5.43 Å². The maximum Gasteiger partial charge on any atom is 0.214 e. The molecule has 5 nitrogen and oxygen atoms in total. The number of hydrazone groups is 2. The van der Waals surface area contributed by atoms with Gasteiger partial charge in [-0.25, -0.2) is 0 Å². The van der Waals surface area contributed by atoms with Crippen molar-refractivity contribution in [1.29, 1.82) is 0 Å². The summed E-state index contributed by atoms with van der Waals surface area (Å²) in [4.78, 5) is 12.3. The average molecular weight is 301 g/mol. The Bertz CT molecular complexity index is 666. The second-order valence-electron chi connectivity index (χ2n) is 4.09. The lowest BCUT2D eigenvalue weighted by atomic mass is 10.1. The van der Waals surface area contributed by atoms with Crippen LogP contribution >= 0.6 is 11.6 Å². The molecular weight excluding hydrogens is 288 g/mol. The second-order valence-corrected chi connectivity index (χ2v) is 4.53.